The molecule has 0 bridgehead atoms. The first kappa shape index (κ1) is 12.4. The van der Waals surface area contributed by atoms with Gasteiger partial charge in [0, 0.05) is 17.5 Å². The molecule has 1 aliphatic rings. The minimum Gasteiger partial charge on any atom is -0.299 e. The van der Waals surface area contributed by atoms with Crippen molar-refractivity contribution in [1.82, 2.24) is 4.90 Å². The van der Waals surface area contributed by atoms with Crippen LogP contribution in [0, 0.1) is 24.2 Å². The van der Waals surface area contributed by atoms with Crippen molar-refractivity contribution in [3.63, 3.8) is 0 Å². The Morgan fingerprint density at radius 1 is 1.35 bits per heavy atom. The van der Waals surface area contributed by atoms with Gasteiger partial charge in [-0.3, -0.25) is 4.90 Å². The molecule has 1 saturated heterocycles. The number of hydrogen-bond donors (Lipinski definition) is 0. The van der Waals surface area contributed by atoms with Gasteiger partial charge in [0.1, 0.15) is 0 Å². The van der Waals surface area contributed by atoms with Crippen molar-refractivity contribution in [2.24, 2.45) is 5.92 Å². The molecule has 0 N–H and O–H groups in total. The molecular formula is C14H17ClN2. The highest BCUT2D eigenvalue weighted by Crippen LogP contribution is 2.20. The van der Waals surface area contributed by atoms with E-state index < -0.39 is 0 Å². The number of rotatable bonds is 2. The van der Waals surface area contributed by atoms with E-state index in [-0.39, 0.29) is 5.92 Å². The number of benzene rings is 1. The fraction of sp³-hybridized carbons (Fsp3) is 0.500. The Balaban J connectivity index is 1.96. The average Bonchev–Trinajstić information content (AvgIpc) is 2.28. The molecule has 1 aromatic carbocycles. The number of hydrogen-bond acceptors (Lipinski definition) is 2. The first-order valence-corrected chi connectivity index (χ1v) is 6.43. The SMILES string of the molecule is Cc1cc(Cl)cc(CN2CCC(C#N)CC2)c1. The van der Waals surface area contributed by atoms with Crippen molar-refractivity contribution in [2.75, 3.05) is 13.1 Å². The lowest BCUT2D eigenvalue weighted by Crippen LogP contribution is -2.32. The van der Waals surface area contributed by atoms with Gasteiger partial charge in [0.25, 0.3) is 0 Å². The summed E-state index contributed by atoms with van der Waals surface area (Å²) in [6.45, 7) is 5.05. The molecule has 1 fully saturated rings. The largest absolute Gasteiger partial charge is 0.299 e. The number of likely N-dealkylation sites (tertiary alicyclic amines) is 1. The van der Waals surface area contributed by atoms with Crippen LogP contribution in [0.25, 0.3) is 0 Å². The van der Waals surface area contributed by atoms with E-state index in [9.17, 15) is 0 Å². The number of halogens is 1. The molecule has 1 aromatic rings. The third-order valence-corrected chi connectivity index (χ3v) is 3.50. The minimum absolute atomic E-state index is 0.257. The van der Waals surface area contributed by atoms with Gasteiger partial charge in [0.05, 0.1) is 6.07 Å². The highest BCUT2D eigenvalue weighted by Gasteiger charge is 2.18. The van der Waals surface area contributed by atoms with Crippen LogP contribution in [0.5, 0.6) is 0 Å². The molecule has 0 aliphatic carbocycles. The molecule has 1 heterocycles. The molecule has 0 unspecified atom stereocenters. The van der Waals surface area contributed by atoms with E-state index in [1.165, 1.54) is 11.1 Å². The molecule has 17 heavy (non-hydrogen) atoms. The van der Waals surface area contributed by atoms with Crippen LogP contribution in [0.2, 0.25) is 5.02 Å². The lowest BCUT2D eigenvalue weighted by molar-refractivity contribution is 0.198. The molecule has 0 aromatic heterocycles. The summed E-state index contributed by atoms with van der Waals surface area (Å²) in [5.74, 6) is 0.257. The van der Waals surface area contributed by atoms with Crippen LogP contribution < -0.4 is 0 Å². The zero-order valence-corrected chi connectivity index (χ0v) is 10.9. The third kappa shape index (κ3) is 3.46. The second-order valence-corrected chi connectivity index (χ2v) is 5.25. The smallest absolute Gasteiger partial charge is 0.0656 e. The maximum absolute atomic E-state index is 8.85. The molecule has 1 aliphatic heterocycles. The third-order valence-electron chi connectivity index (χ3n) is 3.28. The summed E-state index contributed by atoms with van der Waals surface area (Å²) >= 11 is 6.05. The van der Waals surface area contributed by atoms with Crippen LogP contribution >= 0.6 is 11.6 Å². The Kier molecular flexibility index (Phi) is 4.04. The molecule has 90 valence electrons. The summed E-state index contributed by atoms with van der Waals surface area (Å²) < 4.78 is 0. The van der Waals surface area contributed by atoms with Crippen LogP contribution in [0.4, 0.5) is 0 Å². The number of nitrogens with zero attached hydrogens (tertiary/aromatic N) is 2. The summed E-state index contributed by atoms with van der Waals surface area (Å²) in [7, 11) is 0. The molecule has 0 saturated carbocycles. The molecule has 2 nitrogen and oxygen atoms in total. The Morgan fingerprint density at radius 3 is 2.65 bits per heavy atom. The molecule has 0 spiro atoms. The van der Waals surface area contributed by atoms with Crippen molar-refractivity contribution < 1.29 is 0 Å². The summed E-state index contributed by atoms with van der Waals surface area (Å²) in [4.78, 5) is 2.40. The van der Waals surface area contributed by atoms with Crippen molar-refractivity contribution in [2.45, 2.75) is 26.3 Å². The van der Waals surface area contributed by atoms with E-state index in [4.69, 9.17) is 16.9 Å². The number of piperidine rings is 1. The lowest BCUT2D eigenvalue weighted by Gasteiger charge is -2.29. The Bertz CT molecular complexity index is 408. The number of nitriles is 1. The highest BCUT2D eigenvalue weighted by molar-refractivity contribution is 6.30. The maximum atomic E-state index is 8.85. The van der Waals surface area contributed by atoms with Crippen LogP contribution in [0.3, 0.4) is 0 Å². The fourth-order valence-electron chi connectivity index (χ4n) is 2.38. The summed E-state index contributed by atoms with van der Waals surface area (Å²) in [5.41, 5.74) is 2.48. The van der Waals surface area contributed by atoms with Gasteiger partial charge in [-0.2, -0.15) is 5.26 Å². The van der Waals surface area contributed by atoms with Gasteiger partial charge in [-0.1, -0.05) is 17.7 Å². The minimum atomic E-state index is 0.257. The van der Waals surface area contributed by atoms with Crippen molar-refractivity contribution in [3.8, 4) is 6.07 Å². The summed E-state index contributed by atoms with van der Waals surface area (Å²) in [5, 5.41) is 9.67. The summed E-state index contributed by atoms with van der Waals surface area (Å²) in [6.07, 6.45) is 1.99. The first-order valence-electron chi connectivity index (χ1n) is 6.05. The van der Waals surface area contributed by atoms with Gasteiger partial charge in [-0.15, -0.1) is 0 Å². The van der Waals surface area contributed by atoms with Crippen LogP contribution in [0.1, 0.15) is 24.0 Å². The average molecular weight is 249 g/mol. The standard InChI is InChI=1S/C14H17ClN2/c1-11-6-13(8-14(15)7-11)10-17-4-2-12(9-16)3-5-17/h6-8,12H,2-5,10H2,1H3. The molecular weight excluding hydrogens is 232 g/mol. The monoisotopic (exact) mass is 248 g/mol. The molecule has 0 amide bonds. The Labute approximate surface area is 108 Å². The van der Waals surface area contributed by atoms with Gasteiger partial charge in [0.2, 0.25) is 0 Å². The van der Waals surface area contributed by atoms with E-state index in [0.29, 0.717) is 0 Å². The fourth-order valence-corrected chi connectivity index (χ4v) is 2.69. The second kappa shape index (κ2) is 5.53. The van der Waals surface area contributed by atoms with E-state index >= 15 is 0 Å². The normalized spacial score (nSPS) is 17.9. The molecule has 0 radical (unpaired) electrons. The first-order chi connectivity index (χ1) is 8.17. The maximum Gasteiger partial charge on any atom is 0.0656 e. The van der Waals surface area contributed by atoms with Crippen molar-refractivity contribution in [1.29, 1.82) is 5.26 Å². The van der Waals surface area contributed by atoms with Crippen molar-refractivity contribution >= 4 is 11.6 Å². The summed E-state index contributed by atoms with van der Waals surface area (Å²) in [6, 6.07) is 8.55. The van der Waals surface area contributed by atoms with Gasteiger partial charge in [0.15, 0.2) is 0 Å². The van der Waals surface area contributed by atoms with Gasteiger partial charge >= 0.3 is 0 Å². The van der Waals surface area contributed by atoms with Gasteiger partial charge in [-0.05, 0) is 56.1 Å². The van der Waals surface area contributed by atoms with E-state index in [2.05, 4.69) is 24.0 Å². The second-order valence-electron chi connectivity index (χ2n) is 4.82. The van der Waals surface area contributed by atoms with Gasteiger partial charge < -0.3 is 0 Å². The molecule has 2 rings (SSSR count). The Morgan fingerprint density at radius 2 is 2.06 bits per heavy atom. The van der Waals surface area contributed by atoms with E-state index in [1.807, 2.05) is 12.1 Å². The zero-order valence-electron chi connectivity index (χ0n) is 10.1. The van der Waals surface area contributed by atoms with Crippen LogP contribution in [-0.4, -0.2) is 18.0 Å². The number of aryl methyl sites for hydroxylation is 1. The molecule has 3 heteroatoms. The van der Waals surface area contributed by atoms with E-state index in [0.717, 1.165) is 37.5 Å². The van der Waals surface area contributed by atoms with Crippen LogP contribution in [-0.2, 0) is 6.54 Å². The van der Waals surface area contributed by atoms with E-state index in [1.54, 1.807) is 0 Å². The Hall–Kier alpha value is -1.04. The van der Waals surface area contributed by atoms with Gasteiger partial charge in [-0.25, -0.2) is 0 Å². The zero-order chi connectivity index (χ0) is 12.3. The quantitative estimate of drug-likeness (QED) is 0.802. The molecule has 0 atom stereocenters. The van der Waals surface area contributed by atoms with Crippen molar-refractivity contribution in [3.05, 3.63) is 34.3 Å². The lowest BCUT2D eigenvalue weighted by atomic mass is 9.98. The predicted octanol–water partition coefficient (Wildman–Crippen LogP) is 3.38. The highest BCUT2D eigenvalue weighted by atomic mass is 35.5. The topological polar surface area (TPSA) is 27.0 Å². The predicted molar refractivity (Wildman–Crippen MR) is 69.8 cm³/mol. The van der Waals surface area contributed by atoms with Crippen LogP contribution in [0.15, 0.2) is 18.2 Å².